The van der Waals surface area contributed by atoms with Crippen molar-refractivity contribution in [3.63, 3.8) is 0 Å². The van der Waals surface area contributed by atoms with E-state index >= 15 is 0 Å². The van der Waals surface area contributed by atoms with Gasteiger partial charge in [0.05, 0.1) is 0 Å². The SMILES string of the molecule is CCCCC[C@H](N)c1cc(Cl)ccc1Br.Cl. The second-order valence-corrected chi connectivity index (χ2v) is 5.06. The molecule has 4 heteroatoms. The van der Waals surface area contributed by atoms with E-state index < -0.39 is 0 Å². The highest BCUT2D eigenvalue weighted by Crippen LogP contribution is 2.28. The first-order valence-electron chi connectivity index (χ1n) is 5.35. The van der Waals surface area contributed by atoms with Gasteiger partial charge in [0.2, 0.25) is 0 Å². The number of hydrogen-bond donors (Lipinski definition) is 1. The Kier molecular flexibility index (Phi) is 8.47. The lowest BCUT2D eigenvalue weighted by Crippen LogP contribution is -2.10. The third-order valence-corrected chi connectivity index (χ3v) is 3.43. The van der Waals surface area contributed by atoms with Crippen LogP contribution in [0.2, 0.25) is 5.02 Å². The van der Waals surface area contributed by atoms with Crippen LogP contribution in [-0.4, -0.2) is 0 Å². The minimum absolute atomic E-state index is 0. The average molecular weight is 327 g/mol. The minimum Gasteiger partial charge on any atom is -0.324 e. The van der Waals surface area contributed by atoms with Crippen molar-refractivity contribution in [1.29, 1.82) is 0 Å². The Morgan fingerprint density at radius 2 is 2.06 bits per heavy atom. The van der Waals surface area contributed by atoms with E-state index in [1.54, 1.807) is 0 Å². The Labute approximate surface area is 117 Å². The maximum absolute atomic E-state index is 6.12. The molecule has 0 unspecified atom stereocenters. The van der Waals surface area contributed by atoms with Crippen LogP contribution in [0, 0.1) is 0 Å². The molecule has 0 heterocycles. The van der Waals surface area contributed by atoms with Crippen molar-refractivity contribution >= 4 is 39.9 Å². The topological polar surface area (TPSA) is 26.0 Å². The van der Waals surface area contributed by atoms with Crippen LogP contribution in [0.3, 0.4) is 0 Å². The van der Waals surface area contributed by atoms with E-state index in [0.29, 0.717) is 0 Å². The normalized spacial score (nSPS) is 12.0. The molecule has 0 aliphatic heterocycles. The number of rotatable bonds is 5. The molecule has 1 nitrogen and oxygen atoms in total. The molecular weight excluding hydrogens is 309 g/mol. The summed E-state index contributed by atoms with van der Waals surface area (Å²) in [5, 5.41) is 0.749. The Bertz CT molecular complexity index is 318. The predicted octanol–water partition coefficient (Wildman–Crippen LogP) is 5.10. The molecule has 1 aromatic rings. The first-order valence-corrected chi connectivity index (χ1v) is 6.52. The molecule has 0 radical (unpaired) electrons. The Morgan fingerprint density at radius 1 is 1.38 bits per heavy atom. The lowest BCUT2D eigenvalue weighted by Gasteiger charge is -2.13. The molecule has 0 spiro atoms. The van der Waals surface area contributed by atoms with Crippen LogP contribution in [0.5, 0.6) is 0 Å². The first-order chi connectivity index (χ1) is 7.15. The molecule has 0 saturated heterocycles. The maximum atomic E-state index is 6.12. The molecule has 16 heavy (non-hydrogen) atoms. The fourth-order valence-corrected chi connectivity index (χ4v) is 2.29. The quantitative estimate of drug-likeness (QED) is 0.748. The molecule has 1 aromatic carbocycles. The van der Waals surface area contributed by atoms with Crippen molar-refractivity contribution in [3.05, 3.63) is 33.3 Å². The highest BCUT2D eigenvalue weighted by Gasteiger charge is 2.09. The molecule has 0 saturated carbocycles. The number of benzene rings is 1. The van der Waals surface area contributed by atoms with Gasteiger partial charge in [0.15, 0.2) is 0 Å². The molecule has 0 bridgehead atoms. The van der Waals surface area contributed by atoms with Crippen molar-refractivity contribution in [1.82, 2.24) is 0 Å². The summed E-state index contributed by atoms with van der Waals surface area (Å²) in [6, 6.07) is 5.86. The van der Waals surface area contributed by atoms with Gasteiger partial charge in [-0.05, 0) is 30.2 Å². The molecule has 1 rings (SSSR count). The maximum Gasteiger partial charge on any atom is 0.0410 e. The second-order valence-electron chi connectivity index (χ2n) is 3.77. The van der Waals surface area contributed by atoms with Gasteiger partial charge in [0, 0.05) is 15.5 Å². The first kappa shape index (κ1) is 16.2. The molecular formula is C12H18BrCl2N. The van der Waals surface area contributed by atoms with Crippen LogP contribution in [0.4, 0.5) is 0 Å². The van der Waals surface area contributed by atoms with Gasteiger partial charge in [0.25, 0.3) is 0 Å². The van der Waals surface area contributed by atoms with Crippen LogP contribution >= 0.6 is 39.9 Å². The lowest BCUT2D eigenvalue weighted by molar-refractivity contribution is 0.580. The van der Waals surface area contributed by atoms with Crippen molar-refractivity contribution in [2.75, 3.05) is 0 Å². The van der Waals surface area contributed by atoms with E-state index in [-0.39, 0.29) is 18.4 Å². The molecule has 0 aliphatic carbocycles. The van der Waals surface area contributed by atoms with E-state index in [4.69, 9.17) is 17.3 Å². The lowest BCUT2D eigenvalue weighted by atomic mass is 10.0. The summed E-state index contributed by atoms with van der Waals surface area (Å²) in [7, 11) is 0. The van der Waals surface area contributed by atoms with Crippen LogP contribution < -0.4 is 5.73 Å². The third kappa shape index (κ3) is 5.05. The Morgan fingerprint density at radius 3 is 2.69 bits per heavy atom. The van der Waals surface area contributed by atoms with Gasteiger partial charge in [-0.15, -0.1) is 12.4 Å². The van der Waals surface area contributed by atoms with Gasteiger partial charge in [-0.3, -0.25) is 0 Å². The standard InChI is InChI=1S/C12H17BrClN.ClH/c1-2-3-4-5-12(15)10-8-9(14)6-7-11(10)13;/h6-8,12H,2-5,15H2,1H3;1H/t12-;/m0./s1. The summed E-state index contributed by atoms with van der Waals surface area (Å²) in [6.45, 7) is 2.20. The van der Waals surface area contributed by atoms with Gasteiger partial charge < -0.3 is 5.73 Å². The summed E-state index contributed by atoms with van der Waals surface area (Å²) >= 11 is 9.45. The van der Waals surface area contributed by atoms with Crippen molar-refractivity contribution in [3.8, 4) is 0 Å². The minimum atomic E-state index is 0. The average Bonchev–Trinajstić information content (AvgIpc) is 2.22. The molecule has 1 atom stereocenters. The van der Waals surface area contributed by atoms with Gasteiger partial charge in [-0.2, -0.15) is 0 Å². The third-order valence-electron chi connectivity index (χ3n) is 2.48. The van der Waals surface area contributed by atoms with E-state index in [1.807, 2.05) is 18.2 Å². The molecule has 0 amide bonds. The fraction of sp³-hybridized carbons (Fsp3) is 0.500. The van der Waals surface area contributed by atoms with Crippen molar-refractivity contribution < 1.29 is 0 Å². The number of nitrogens with two attached hydrogens (primary N) is 1. The van der Waals surface area contributed by atoms with Gasteiger partial charge in [0.1, 0.15) is 0 Å². The number of hydrogen-bond acceptors (Lipinski definition) is 1. The van der Waals surface area contributed by atoms with E-state index in [2.05, 4.69) is 22.9 Å². The Hall–Kier alpha value is 0.240. The fourth-order valence-electron chi connectivity index (χ4n) is 1.57. The largest absolute Gasteiger partial charge is 0.324 e. The van der Waals surface area contributed by atoms with Gasteiger partial charge >= 0.3 is 0 Å². The molecule has 92 valence electrons. The van der Waals surface area contributed by atoms with Crippen molar-refractivity contribution in [2.24, 2.45) is 5.73 Å². The smallest absolute Gasteiger partial charge is 0.0410 e. The summed E-state index contributed by atoms with van der Waals surface area (Å²) in [6.07, 6.45) is 4.67. The van der Waals surface area contributed by atoms with Crippen LogP contribution in [0.1, 0.15) is 44.2 Å². The monoisotopic (exact) mass is 325 g/mol. The highest BCUT2D eigenvalue weighted by molar-refractivity contribution is 9.10. The summed E-state index contributed by atoms with van der Waals surface area (Å²) in [4.78, 5) is 0. The number of unbranched alkanes of at least 4 members (excludes halogenated alkanes) is 2. The molecule has 2 N–H and O–H groups in total. The van der Waals surface area contributed by atoms with Gasteiger partial charge in [-0.25, -0.2) is 0 Å². The van der Waals surface area contributed by atoms with Crippen LogP contribution in [-0.2, 0) is 0 Å². The van der Waals surface area contributed by atoms with Crippen molar-refractivity contribution in [2.45, 2.75) is 38.6 Å². The highest BCUT2D eigenvalue weighted by atomic mass is 79.9. The Balaban J connectivity index is 0.00000225. The molecule has 0 aliphatic rings. The molecule has 0 fully saturated rings. The van der Waals surface area contributed by atoms with Gasteiger partial charge in [-0.1, -0.05) is 53.7 Å². The van der Waals surface area contributed by atoms with E-state index in [9.17, 15) is 0 Å². The second kappa shape index (κ2) is 8.35. The van der Waals surface area contributed by atoms with Crippen LogP contribution in [0.25, 0.3) is 0 Å². The summed E-state index contributed by atoms with van der Waals surface area (Å²) < 4.78 is 1.05. The van der Waals surface area contributed by atoms with Crippen LogP contribution in [0.15, 0.2) is 22.7 Å². The number of halogens is 3. The summed E-state index contributed by atoms with van der Waals surface area (Å²) in [5.74, 6) is 0. The van der Waals surface area contributed by atoms with E-state index in [0.717, 1.165) is 21.5 Å². The molecule has 0 aromatic heterocycles. The van der Waals surface area contributed by atoms with E-state index in [1.165, 1.54) is 19.3 Å². The zero-order valence-corrected chi connectivity index (χ0v) is 12.5. The summed E-state index contributed by atoms with van der Waals surface area (Å²) in [5.41, 5.74) is 7.23. The zero-order chi connectivity index (χ0) is 11.3. The predicted molar refractivity (Wildman–Crippen MR) is 77.5 cm³/mol. The zero-order valence-electron chi connectivity index (χ0n) is 9.38.